The summed E-state index contributed by atoms with van der Waals surface area (Å²) in [6.07, 6.45) is 5.36. The molecule has 0 unspecified atom stereocenters. The summed E-state index contributed by atoms with van der Waals surface area (Å²) in [5, 5.41) is 16.0. The zero-order valence-corrected chi connectivity index (χ0v) is 8.85. The van der Waals surface area contributed by atoms with Gasteiger partial charge in [-0.3, -0.25) is 4.79 Å². The molecule has 14 heavy (non-hydrogen) atoms. The lowest BCUT2D eigenvalue weighted by Gasteiger charge is -2.21. The van der Waals surface area contributed by atoms with Crippen LogP contribution < -0.4 is 0 Å². The van der Waals surface area contributed by atoms with Crippen LogP contribution in [-0.2, 0) is 9.59 Å². The lowest BCUT2D eigenvalue weighted by molar-refractivity contribution is -0.122. The SMILES string of the molecule is CC=O.C[C@@H]1CCC[C@@H](O)C1.O=CO. The van der Waals surface area contributed by atoms with Gasteiger partial charge in [-0.1, -0.05) is 19.8 Å². The van der Waals surface area contributed by atoms with Gasteiger partial charge in [0.1, 0.15) is 6.29 Å². The topological polar surface area (TPSA) is 74.6 Å². The molecule has 84 valence electrons. The largest absolute Gasteiger partial charge is 0.483 e. The molecule has 0 spiro atoms. The van der Waals surface area contributed by atoms with E-state index in [9.17, 15) is 0 Å². The molecule has 0 aromatic carbocycles. The van der Waals surface area contributed by atoms with Crippen molar-refractivity contribution in [3.63, 3.8) is 0 Å². The molecule has 0 saturated heterocycles. The highest BCUT2D eigenvalue weighted by molar-refractivity contribution is 5.44. The van der Waals surface area contributed by atoms with Gasteiger partial charge in [0.05, 0.1) is 6.10 Å². The fraction of sp³-hybridized carbons (Fsp3) is 0.800. The van der Waals surface area contributed by atoms with E-state index in [2.05, 4.69) is 6.92 Å². The van der Waals surface area contributed by atoms with E-state index in [1.165, 1.54) is 19.8 Å². The van der Waals surface area contributed by atoms with Crippen molar-refractivity contribution in [1.29, 1.82) is 0 Å². The summed E-state index contributed by atoms with van der Waals surface area (Å²) >= 11 is 0. The Morgan fingerprint density at radius 2 is 1.71 bits per heavy atom. The number of carboxylic acid groups (broad SMARTS) is 1. The normalized spacial score (nSPS) is 24.5. The van der Waals surface area contributed by atoms with E-state index in [0.717, 1.165) is 25.0 Å². The molecule has 4 heteroatoms. The third kappa shape index (κ3) is 13.7. The Morgan fingerprint density at radius 1 is 1.29 bits per heavy atom. The number of rotatable bonds is 0. The van der Waals surface area contributed by atoms with E-state index in [4.69, 9.17) is 19.8 Å². The van der Waals surface area contributed by atoms with Crippen molar-refractivity contribution in [3.05, 3.63) is 0 Å². The van der Waals surface area contributed by atoms with Crippen LogP contribution in [0.2, 0.25) is 0 Å². The van der Waals surface area contributed by atoms with Crippen LogP contribution in [0.1, 0.15) is 39.5 Å². The second-order valence-corrected chi connectivity index (χ2v) is 3.27. The van der Waals surface area contributed by atoms with Crippen LogP contribution >= 0.6 is 0 Å². The molecular formula is C10H20O4. The molecule has 0 bridgehead atoms. The zero-order valence-electron chi connectivity index (χ0n) is 8.85. The average molecular weight is 204 g/mol. The molecule has 1 aliphatic carbocycles. The monoisotopic (exact) mass is 204 g/mol. The first kappa shape index (κ1) is 15.6. The maximum absolute atomic E-state index is 9.08. The van der Waals surface area contributed by atoms with Gasteiger partial charge in [0.2, 0.25) is 0 Å². The van der Waals surface area contributed by atoms with Crippen molar-refractivity contribution in [3.8, 4) is 0 Å². The molecule has 1 saturated carbocycles. The molecule has 0 aromatic heterocycles. The van der Waals surface area contributed by atoms with E-state index in [1.54, 1.807) is 0 Å². The van der Waals surface area contributed by atoms with Crippen LogP contribution in [0.15, 0.2) is 0 Å². The van der Waals surface area contributed by atoms with Gasteiger partial charge >= 0.3 is 0 Å². The third-order valence-electron chi connectivity index (χ3n) is 1.91. The molecule has 0 heterocycles. The number of hydrogen-bond donors (Lipinski definition) is 2. The van der Waals surface area contributed by atoms with Gasteiger partial charge in [-0.15, -0.1) is 0 Å². The molecular weight excluding hydrogens is 184 g/mol. The first-order valence-corrected chi connectivity index (χ1v) is 4.78. The summed E-state index contributed by atoms with van der Waals surface area (Å²) < 4.78 is 0. The Kier molecular flexibility index (Phi) is 13.5. The minimum atomic E-state index is -0.250. The maximum Gasteiger partial charge on any atom is 0.290 e. The van der Waals surface area contributed by atoms with Crippen molar-refractivity contribution in [2.45, 2.75) is 45.6 Å². The quantitative estimate of drug-likeness (QED) is 0.586. The smallest absolute Gasteiger partial charge is 0.290 e. The van der Waals surface area contributed by atoms with Crippen LogP contribution in [0, 0.1) is 5.92 Å². The minimum absolute atomic E-state index is 0.0127. The zero-order chi connectivity index (χ0) is 11.4. The van der Waals surface area contributed by atoms with E-state index < -0.39 is 0 Å². The predicted octanol–water partition coefficient (Wildman–Crippen LogP) is 1.46. The van der Waals surface area contributed by atoms with Gasteiger partial charge in [-0.05, 0) is 25.7 Å². The lowest BCUT2D eigenvalue weighted by atomic mass is 9.89. The summed E-state index contributed by atoms with van der Waals surface area (Å²) in [7, 11) is 0. The van der Waals surface area contributed by atoms with Gasteiger partial charge in [-0.2, -0.15) is 0 Å². The number of aliphatic hydroxyl groups excluding tert-OH is 1. The van der Waals surface area contributed by atoms with Gasteiger partial charge in [0.25, 0.3) is 6.47 Å². The fourth-order valence-corrected chi connectivity index (χ4v) is 1.40. The summed E-state index contributed by atoms with van der Waals surface area (Å²) in [5.41, 5.74) is 0. The van der Waals surface area contributed by atoms with Gasteiger partial charge in [-0.25, -0.2) is 0 Å². The first-order valence-electron chi connectivity index (χ1n) is 4.78. The maximum atomic E-state index is 9.08. The highest BCUT2D eigenvalue weighted by atomic mass is 16.3. The van der Waals surface area contributed by atoms with Crippen LogP contribution in [0.3, 0.4) is 0 Å². The van der Waals surface area contributed by atoms with Crippen molar-refractivity contribution in [1.82, 2.24) is 0 Å². The van der Waals surface area contributed by atoms with E-state index in [1.807, 2.05) is 0 Å². The van der Waals surface area contributed by atoms with Crippen molar-refractivity contribution >= 4 is 12.8 Å². The molecule has 1 aliphatic rings. The Labute approximate surface area is 84.9 Å². The second kappa shape index (κ2) is 12.1. The average Bonchev–Trinajstić information content (AvgIpc) is 2.06. The van der Waals surface area contributed by atoms with Gasteiger partial charge in [0, 0.05) is 0 Å². The number of carbonyl (C=O) groups is 2. The molecule has 1 rings (SSSR count). The second-order valence-electron chi connectivity index (χ2n) is 3.27. The molecule has 0 radical (unpaired) electrons. The van der Waals surface area contributed by atoms with Crippen LogP contribution in [0.25, 0.3) is 0 Å². The molecule has 2 N–H and O–H groups in total. The Balaban J connectivity index is 0. The number of hydrogen-bond acceptors (Lipinski definition) is 3. The summed E-state index contributed by atoms with van der Waals surface area (Å²) in [6.45, 7) is 3.41. The molecule has 1 fully saturated rings. The van der Waals surface area contributed by atoms with Crippen LogP contribution in [0.5, 0.6) is 0 Å². The molecule has 2 atom stereocenters. The first-order chi connectivity index (χ1) is 6.62. The Bertz CT molecular complexity index is 122. The van der Waals surface area contributed by atoms with E-state index in [-0.39, 0.29) is 12.6 Å². The van der Waals surface area contributed by atoms with Crippen molar-refractivity contribution < 1.29 is 19.8 Å². The minimum Gasteiger partial charge on any atom is -0.483 e. The third-order valence-corrected chi connectivity index (χ3v) is 1.91. The highest BCUT2D eigenvalue weighted by Gasteiger charge is 2.15. The lowest BCUT2D eigenvalue weighted by Crippen LogP contribution is -2.16. The number of aliphatic hydroxyl groups is 1. The van der Waals surface area contributed by atoms with Gasteiger partial charge < -0.3 is 15.0 Å². The van der Waals surface area contributed by atoms with Crippen LogP contribution in [-0.4, -0.2) is 29.1 Å². The summed E-state index contributed by atoms with van der Waals surface area (Å²) in [4.78, 5) is 17.2. The van der Waals surface area contributed by atoms with E-state index in [0.29, 0.717) is 0 Å². The predicted molar refractivity (Wildman–Crippen MR) is 54.1 cm³/mol. The molecule has 0 aliphatic heterocycles. The highest BCUT2D eigenvalue weighted by Crippen LogP contribution is 2.22. The molecule has 0 amide bonds. The number of aldehydes is 1. The summed E-state index contributed by atoms with van der Waals surface area (Å²) in [5.74, 6) is 0.763. The molecule has 4 nitrogen and oxygen atoms in total. The van der Waals surface area contributed by atoms with Crippen molar-refractivity contribution in [2.75, 3.05) is 0 Å². The van der Waals surface area contributed by atoms with Gasteiger partial charge in [0.15, 0.2) is 0 Å². The Morgan fingerprint density at radius 3 is 1.93 bits per heavy atom. The molecule has 0 aromatic rings. The standard InChI is InChI=1S/C7H14O.C2H4O.CH2O2/c1-6-3-2-4-7(8)5-6;1-2-3;2-1-3/h6-8H,2-5H2,1H3;2H,1H3;1H,(H,2,3)/t6-,7-;;/m1../s1. The fourth-order valence-electron chi connectivity index (χ4n) is 1.40. The van der Waals surface area contributed by atoms with Crippen molar-refractivity contribution in [2.24, 2.45) is 5.92 Å². The number of carbonyl (C=O) groups excluding carboxylic acids is 1. The Hall–Kier alpha value is -0.900. The van der Waals surface area contributed by atoms with Crippen LogP contribution in [0.4, 0.5) is 0 Å². The summed E-state index contributed by atoms with van der Waals surface area (Å²) in [6, 6.07) is 0. The van der Waals surface area contributed by atoms with E-state index >= 15 is 0 Å².